The first-order valence-electron chi connectivity index (χ1n) is 3.30. The molecule has 0 aliphatic carbocycles. The summed E-state index contributed by atoms with van der Waals surface area (Å²) in [5.41, 5.74) is 0. The molecule has 7 heteroatoms. The summed E-state index contributed by atoms with van der Waals surface area (Å²) in [6, 6.07) is 0. The maximum absolute atomic E-state index is 4.82. The zero-order chi connectivity index (χ0) is 8.55. The molecule has 2 aromatic heterocycles. The molecule has 0 saturated heterocycles. The topological polar surface area (TPSA) is 82.5 Å². The van der Waals surface area contributed by atoms with Gasteiger partial charge in [-0.2, -0.15) is 9.78 Å². The molecule has 62 valence electrons. The van der Waals surface area contributed by atoms with Crippen LogP contribution in [0.1, 0.15) is 5.82 Å². The van der Waals surface area contributed by atoms with Crippen molar-refractivity contribution < 1.29 is 4.52 Å². The molecule has 2 aromatic rings. The highest BCUT2D eigenvalue weighted by atomic mass is 16.5. The Morgan fingerprint density at radius 1 is 1.42 bits per heavy atom. The van der Waals surface area contributed by atoms with Crippen molar-refractivity contribution in [3.05, 3.63) is 5.82 Å². The largest absolute Gasteiger partial charge is 0.330 e. The summed E-state index contributed by atoms with van der Waals surface area (Å²) in [5.74, 6) is 1.19. The van der Waals surface area contributed by atoms with E-state index < -0.39 is 0 Å². The molecule has 0 fully saturated rings. The Bertz CT molecular complexity index is 352. The molecule has 0 atom stereocenters. The van der Waals surface area contributed by atoms with Crippen LogP contribution in [0.2, 0.25) is 0 Å². The van der Waals surface area contributed by atoms with Gasteiger partial charge in [-0.3, -0.25) is 0 Å². The van der Waals surface area contributed by atoms with Gasteiger partial charge in [0.05, 0.1) is 7.05 Å². The Labute approximate surface area is 67.4 Å². The molecule has 0 radical (unpaired) electrons. The van der Waals surface area contributed by atoms with E-state index >= 15 is 0 Å². The van der Waals surface area contributed by atoms with Gasteiger partial charge in [-0.15, -0.1) is 10.2 Å². The predicted molar refractivity (Wildman–Crippen MR) is 36.8 cm³/mol. The smallest absolute Gasteiger partial charge is 0.299 e. The average molecular weight is 166 g/mol. The second kappa shape index (κ2) is 2.36. The minimum Gasteiger partial charge on any atom is -0.330 e. The molecule has 0 aromatic carbocycles. The lowest BCUT2D eigenvalue weighted by Gasteiger charge is -1.79. The minimum atomic E-state index is 0.292. The molecule has 12 heavy (non-hydrogen) atoms. The van der Waals surface area contributed by atoms with E-state index in [1.807, 2.05) is 0 Å². The molecule has 0 unspecified atom stereocenters. The van der Waals surface area contributed by atoms with Gasteiger partial charge >= 0.3 is 0 Å². The predicted octanol–water partition coefficient (Wildman–Crippen LogP) is -0.431. The van der Waals surface area contributed by atoms with Crippen LogP contribution in [-0.4, -0.2) is 30.3 Å². The van der Waals surface area contributed by atoms with Gasteiger partial charge in [-0.1, -0.05) is 5.16 Å². The van der Waals surface area contributed by atoms with E-state index in [0.29, 0.717) is 17.5 Å². The molecule has 2 heterocycles. The highest BCUT2D eigenvalue weighted by molar-refractivity contribution is 5.36. The van der Waals surface area contributed by atoms with Crippen molar-refractivity contribution in [2.45, 2.75) is 6.92 Å². The molecule has 0 bridgehead atoms. The van der Waals surface area contributed by atoms with Crippen molar-refractivity contribution in [1.82, 2.24) is 30.3 Å². The van der Waals surface area contributed by atoms with E-state index in [2.05, 4.69) is 25.6 Å². The molecular weight excluding hydrogens is 160 g/mol. The molecular formula is C5H6N6O. The maximum atomic E-state index is 4.82. The quantitative estimate of drug-likeness (QED) is 0.571. The molecule has 0 spiro atoms. The molecule has 0 aliphatic heterocycles. The molecule has 0 saturated carbocycles. The van der Waals surface area contributed by atoms with E-state index in [1.165, 1.54) is 4.80 Å². The van der Waals surface area contributed by atoms with Crippen molar-refractivity contribution in [1.29, 1.82) is 0 Å². The number of tetrazole rings is 1. The van der Waals surface area contributed by atoms with E-state index in [4.69, 9.17) is 4.52 Å². The third kappa shape index (κ3) is 1.04. The van der Waals surface area contributed by atoms with Crippen molar-refractivity contribution in [2.75, 3.05) is 0 Å². The Kier molecular flexibility index (Phi) is 1.36. The first-order valence-corrected chi connectivity index (χ1v) is 3.30. The summed E-state index contributed by atoms with van der Waals surface area (Å²) in [6.45, 7) is 1.73. The Hall–Kier alpha value is -1.79. The minimum absolute atomic E-state index is 0.292. The highest BCUT2D eigenvalue weighted by Crippen LogP contribution is 2.08. The average Bonchev–Trinajstić information content (AvgIpc) is 2.58. The number of nitrogens with zero attached hydrogens (tertiary/aromatic N) is 6. The number of hydrogen-bond acceptors (Lipinski definition) is 6. The molecule has 0 N–H and O–H groups in total. The van der Waals surface area contributed by atoms with Crippen LogP contribution in [-0.2, 0) is 7.05 Å². The lowest BCUT2D eigenvalue weighted by atomic mass is 10.6. The monoisotopic (exact) mass is 166 g/mol. The first kappa shape index (κ1) is 6.89. The summed E-state index contributed by atoms with van der Waals surface area (Å²) >= 11 is 0. The summed E-state index contributed by atoms with van der Waals surface area (Å²) in [6.07, 6.45) is 0. The number of rotatable bonds is 1. The first-order chi connectivity index (χ1) is 5.75. The van der Waals surface area contributed by atoms with Crippen molar-refractivity contribution >= 4 is 0 Å². The standard InChI is InChI=1S/C5H6N6O/c1-3-6-5(12-9-3)4-7-10-11(2)8-4/h1-2H3. The van der Waals surface area contributed by atoms with Gasteiger partial charge in [-0.25, -0.2) is 0 Å². The normalized spacial score (nSPS) is 10.5. The molecule has 0 aliphatic rings. The van der Waals surface area contributed by atoms with Crippen LogP contribution in [0, 0.1) is 6.92 Å². The molecule has 2 rings (SSSR count). The summed E-state index contributed by atoms with van der Waals surface area (Å²) < 4.78 is 4.82. The molecule has 7 nitrogen and oxygen atoms in total. The zero-order valence-corrected chi connectivity index (χ0v) is 6.59. The van der Waals surface area contributed by atoms with Crippen LogP contribution in [0.15, 0.2) is 4.52 Å². The third-order valence-electron chi connectivity index (χ3n) is 1.23. The van der Waals surface area contributed by atoms with Crippen LogP contribution in [0.4, 0.5) is 0 Å². The summed E-state index contributed by atoms with van der Waals surface area (Å²) in [7, 11) is 1.67. The summed E-state index contributed by atoms with van der Waals surface area (Å²) in [4.78, 5) is 5.27. The van der Waals surface area contributed by atoms with Gasteiger partial charge in [-0.05, 0) is 12.1 Å². The van der Waals surface area contributed by atoms with E-state index in [9.17, 15) is 0 Å². The highest BCUT2D eigenvalue weighted by Gasteiger charge is 2.10. The van der Waals surface area contributed by atoms with Crippen molar-refractivity contribution in [3.63, 3.8) is 0 Å². The lowest BCUT2D eigenvalue weighted by Crippen LogP contribution is -1.91. The number of aryl methyl sites for hydroxylation is 2. The fourth-order valence-electron chi connectivity index (χ4n) is 0.758. The third-order valence-corrected chi connectivity index (χ3v) is 1.23. The van der Waals surface area contributed by atoms with Gasteiger partial charge in [0.15, 0.2) is 5.82 Å². The van der Waals surface area contributed by atoms with Gasteiger partial charge < -0.3 is 4.52 Å². The van der Waals surface area contributed by atoms with Crippen LogP contribution >= 0.6 is 0 Å². The Balaban J connectivity index is 2.43. The SMILES string of the molecule is Cc1noc(-c2nnn(C)n2)n1. The van der Waals surface area contributed by atoms with Gasteiger partial charge in [0.1, 0.15) is 0 Å². The van der Waals surface area contributed by atoms with Crippen molar-refractivity contribution in [2.24, 2.45) is 7.05 Å². The van der Waals surface area contributed by atoms with Crippen LogP contribution in [0.3, 0.4) is 0 Å². The summed E-state index contributed by atoms with van der Waals surface area (Å²) in [5, 5.41) is 14.8. The fraction of sp³-hybridized carbons (Fsp3) is 0.400. The lowest BCUT2D eigenvalue weighted by molar-refractivity contribution is 0.422. The van der Waals surface area contributed by atoms with Gasteiger partial charge in [0, 0.05) is 0 Å². The van der Waals surface area contributed by atoms with Crippen molar-refractivity contribution in [3.8, 4) is 11.7 Å². The zero-order valence-electron chi connectivity index (χ0n) is 6.59. The Morgan fingerprint density at radius 2 is 2.25 bits per heavy atom. The molecule has 0 amide bonds. The second-order valence-corrected chi connectivity index (χ2v) is 2.25. The number of aromatic nitrogens is 6. The fourth-order valence-corrected chi connectivity index (χ4v) is 0.758. The van der Waals surface area contributed by atoms with E-state index in [-0.39, 0.29) is 0 Å². The maximum Gasteiger partial charge on any atom is 0.299 e. The van der Waals surface area contributed by atoms with Crippen LogP contribution in [0.5, 0.6) is 0 Å². The van der Waals surface area contributed by atoms with Gasteiger partial charge in [0.2, 0.25) is 0 Å². The second-order valence-electron chi connectivity index (χ2n) is 2.25. The van der Waals surface area contributed by atoms with E-state index in [0.717, 1.165) is 0 Å². The Morgan fingerprint density at radius 3 is 2.75 bits per heavy atom. The number of hydrogen-bond donors (Lipinski definition) is 0. The van der Waals surface area contributed by atoms with E-state index in [1.54, 1.807) is 14.0 Å². The van der Waals surface area contributed by atoms with Gasteiger partial charge in [0.25, 0.3) is 11.7 Å². The van der Waals surface area contributed by atoms with Crippen LogP contribution < -0.4 is 0 Å². The van der Waals surface area contributed by atoms with Crippen LogP contribution in [0.25, 0.3) is 11.7 Å².